The lowest BCUT2D eigenvalue weighted by Crippen LogP contribution is -2.13. The van der Waals surface area contributed by atoms with Gasteiger partial charge in [-0.2, -0.15) is 5.10 Å². The van der Waals surface area contributed by atoms with E-state index in [1.54, 1.807) is 19.2 Å². The van der Waals surface area contributed by atoms with Gasteiger partial charge in [0.2, 0.25) is 0 Å². The van der Waals surface area contributed by atoms with Crippen molar-refractivity contribution in [3.8, 4) is 0 Å². The van der Waals surface area contributed by atoms with Crippen LogP contribution in [0, 0.1) is 13.8 Å². The van der Waals surface area contributed by atoms with Crippen LogP contribution in [0.3, 0.4) is 0 Å². The minimum atomic E-state index is -3.64. The highest BCUT2D eigenvalue weighted by Gasteiger charge is 2.21. The van der Waals surface area contributed by atoms with Gasteiger partial charge >= 0.3 is 0 Å². The van der Waals surface area contributed by atoms with Crippen molar-refractivity contribution in [3.05, 3.63) is 40.1 Å². The van der Waals surface area contributed by atoms with E-state index in [0.717, 1.165) is 11.1 Å². The third-order valence-electron chi connectivity index (χ3n) is 2.60. The van der Waals surface area contributed by atoms with Gasteiger partial charge in [-0.15, -0.1) is 0 Å². The molecule has 1 aromatic carbocycles. The fourth-order valence-corrected chi connectivity index (χ4v) is 3.74. The molecule has 1 heterocycles. The van der Waals surface area contributed by atoms with Crippen molar-refractivity contribution in [2.24, 2.45) is 7.05 Å². The lowest BCUT2D eigenvalue weighted by Gasteiger charge is -2.09. The summed E-state index contributed by atoms with van der Waals surface area (Å²) >= 11 is 3.21. The van der Waals surface area contributed by atoms with E-state index in [4.69, 9.17) is 0 Å². The number of halogens is 1. The average molecular weight is 344 g/mol. The molecule has 1 N–H and O–H groups in total. The van der Waals surface area contributed by atoms with E-state index in [0.29, 0.717) is 10.3 Å². The molecule has 0 bridgehead atoms. The number of aryl methyl sites for hydroxylation is 3. The van der Waals surface area contributed by atoms with Crippen LogP contribution in [-0.2, 0) is 17.1 Å². The quantitative estimate of drug-likeness (QED) is 0.931. The van der Waals surface area contributed by atoms with E-state index in [-0.39, 0.29) is 4.90 Å². The monoisotopic (exact) mass is 343 g/mol. The van der Waals surface area contributed by atoms with Gasteiger partial charge in [-0.3, -0.25) is 9.40 Å². The fourth-order valence-electron chi connectivity index (χ4n) is 1.83. The molecule has 0 radical (unpaired) electrons. The van der Waals surface area contributed by atoms with Crippen molar-refractivity contribution >= 4 is 31.6 Å². The summed E-state index contributed by atoms with van der Waals surface area (Å²) in [5.41, 5.74) is 2.55. The summed E-state index contributed by atoms with van der Waals surface area (Å²) in [5.74, 6) is 0. The van der Waals surface area contributed by atoms with E-state index in [9.17, 15) is 8.42 Å². The summed E-state index contributed by atoms with van der Waals surface area (Å²) < 4.78 is 29.0. The lowest BCUT2D eigenvalue weighted by atomic mass is 10.1. The van der Waals surface area contributed by atoms with Gasteiger partial charge in [-0.1, -0.05) is 6.07 Å². The molecule has 0 saturated carbocycles. The van der Waals surface area contributed by atoms with Gasteiger partial charge < -0.3 is 0 Å². The number of anilines is 1. The topological polar surface area (TPSA) is 64.0 Å². The summed E-state index contributed by atoms with van der Waals surface area (Å²) in [6, 6.07) is 5.56. The number of nitrogens with one attached hydrogen (secondary N) is 1. The second-order valence-electron chi connectivity index (χ2n) is 4.41. The molecular weight excluding hydrogens is 330 g/mol. The predicted octanol–water partition coefficient (Wildman–Crippen LogP) is 2.60. The Hall–Kier alpha value is -1.34. The summed E-state index contributed by atoms with van der Waals surface area (Å²) in [6.45, 7) is 3.84. The van der Waals surface area contributed by atoms with Gasteiger partial charge in [-0.05, 0) is 53.0 Å². The van der Waals surface area contributed by atoms with Crippen LogP contribution in [0.2, 0.25) is 0 Å². The minimum absolute atomic E-state index is 0.120. The van der Waals surface area contributed by atoms with E-state index in [1.165, 1.54) is 10.9 Å². The Balaban J connectivity index is 2.39. The summed E-state index contributed by atoms with van der Waals surface area (Å²) in [5, 5.41) is 3.91. The number of hydrogen-bond acceptors (Lipinski definition) is 3. The molecule has 0 saturated heterocycles. The maximum absolute atomic E-state index is 12.3. The van der Waals surface area contributed by atoms with Gasteiger partial charge in [0.25, 0.3) is 10.0 Å². The number of aromatic nitrogens is 2. The predicted molar refractivity (Wildman–Crippen MR) is 77.6 cm³/mol. The first-order valence-corrected chi connectivity index (χ1v) is 7.86. The molecule has 7 heteroatoms. The SMILES string of the molecule is Cc1cc(C)cc(NS(=O)(=O)c2cnn(C)c2Br)c1. The van der Waals surface area contributed by atoms with Crippen LogP contribution in [0.5, 0.6) is 0 Å². The summed E-state index contributed by atoms with van der Waals surface area (Å²) in [4.78, 5) is 0.120. The lowest BCUT2D eigenvalue weighted by molar-refractivity contribution is 0.600. The van der Waals surface area contributed by atoms with Crippen molar-refractivity contribution < 1.29 is 8.42 Å². The standard InChI is InChI=1S/C12H14BrN3O2S/c1-8-4-9(2)6-10(5-8)15-19(17,18)11-7-14-16(3)12(11)13/h4-7,15H,1-3H3. The highest BCUT2D eigenvalue weighted by molar-refractivity contribution is 9.10. The number of nitrogens with zero attached hydrogens (tertiary/aromatic N) is 2. The van der Waals surface area contributed by atoms with Crippen LogP contribution in [0.15, 0.2) is 33.9 Å². The second kappa shape index (κ2) is 4.97. The van der Waals surface area contributed by atoms with Gasteiger partial charge in [0.1, 0.15) is 9.50 Å². The molecule has 0 aliphatic heterocycles. The number of sulfonamides is 1. The maximum atomic E-state index is 12.3. The Labute approximate surface area is 120 Å². The van der Waals surface area contributed by atoms with E-state index in [1.807, 2.05) is 19.9 Å². The molecule has 0 atom stereocenters. The molecule has 0 spiro atoms. The molecule has 0 unspecified atom stereocenters. The van der Waals surface area contributed by atoms with Crippen molar-refractivity contribution in [2.75, 3.05) is 4.72 Å². The first-order chi connectivity index (χ1) is 8.79. The van der Waals surface area contributed by atoms with Gasteiger partial charge in [0, 0.05) is 12.7 Å². The van der Waals surface area contributed by atoms with E-state index >= 15 is 0 Å². The Bertz CT molecular complexity index is 702. The molecule has 0 amide bonds. The van der Waals surface area contributed by atoms with Gasteiger partial charge in [-0.25, -0.2) is 8.42 Å². The smallest absolute Gasteiger partial charge is 0.266 e. The number of rotatable bonds is 3. The third kappa shape index (κ3) is 2.98. The van der Waals surface area contributed by atoms with Gasteiger partial charge in [0.05, 0.1) is 6.20 Å². The molecule has 1 aromatic heterocycles. The number of hydrogen-bond donors (Lipinski definition) is 1. The zero-order valence-corrected chi connectivity index (χ0v) is 13.2. The number of benzene rings is 1. The van der Waals surface area contributed by atoms with E-state index < -0.39 is 10.0 Å². The normalized spacial score (nSPS) is 11.6. The molecule has 0 aliphatic rings. The zero-order valence-electron chi connectivity index (χ0n) is 10.8. The Morgan fingerprint density at radius 3 is 2.26 bits per heavy atom. The van der Waals surface area contributed by atoms with Crippen LogP contribution in [0.1, 0.15) is 11.1 Å². The molecular formula is C12H14BrN3O2S. The molecule has 102 valence electrons. The Morgan fingerprint density at radius 1 is 1.21 bits per heavy atom. The van der Waals surface area contributed by atoms with Crippen LogP contribution < -0.4 is 4.72 Å². The molecule has 2 aromatic rings. The fraction of sp³-hybridized carbons (Fsp3) is 0.250. The molecule has 0 aliphatic carbocycles. The molecule has 2 rings (SSSR count). The molecule has 0 fully saturated rings. The highest BCUT2D eigenvalue weighted by atomic mass is 79.9. The summed E-state index contributed by atoms with van der Waals surface area (Å²) in [7, 11) is -1.97. The average Bonchev–Trinajstić information content (AvgIpc) is 2.57. The Kier molecular flexibility index (Phi) is 3.69. The minimum Gasteiger partial charge on any atom is -0.279 e. The first kappa shape index (κ1) is 14.1. The second-order valence-corrected chi connectivity index (χ2v) is 6.81. The molecule has 5 nitrogen and oxygen atoms in total. The first-order valence-electron chi connectivity index (χ1n) is 5.58. The highest BCUT2D eigenvalue weighted by Crippen LogP contribution is 2.24. The van der Waals surface area contributed by atoms with Crippen LogP contribution in [0.25, 0.3) is 0 Å². The molecule has 19 heavy (non-hydrogen) atoms. The van der Waals surface area contributed by atoms with E-state index in [2.05, 4.69) is 25.8 Å². The van der Waals surface area contributed by atoms with Crippen LogP contribution in [-0.4, -0.2) is 18.2 Å². The van der Waals surface area contributed by atoms with Crippen molar-refractivity contribution in [1.82, 2.24) is 9.78 Å². The zero-order chi connectivity index (χ0) is 14.2. The van der Waals surface area contributed by atoms with Crippen LogP contribution in [0.4, 0.5) is 5.69 Å². The van der Waals surface area contributed by atoms with Gasteiger partial charge in [0.15, 0.2) is 0 Å². The third-order valence-corrected chi connectivity index (χ3v) is 5.18. The van der Waals surface area contributed by atoms with Crippen molar-refractivity contribution in [3.63, 3.8) is 0 Å². The largest absolute Gasteiger partial charge is 0.279 e. The van der Waals surface area contributed by atoms with Crippen molar-refractivity contribution in [2.45, 2.75) is 18.7 Å². The maximum Gasteiger partial charge on any atom is 0.266 e. The van der Waals surface area contributed by atoms with Crippen molar-refractivity contribution in [1.29, 1.82) is 0 Å². The van der Waals surface area contributed by atoms with Crippen LogP contribution >= 0.6 is 15.9 Å². The Morgan fingerprint density at radius 2 is 1.79 bits per heavy atom. The summed E-state index contributed by atoms with van der Waals surface area (Å²) in [6.07, 6.45) is 1.31.